The fraction of sp³-hybridized carbons (Fsp3) is 0.462. The fourth-order valence-corrected chi connectivity index (χ4v) is 2.04. The smallest absolute Gasteiger partial charge is 0.140 e. The van der Waals surface area contributed by atoms with Gasteiger partial charge in [-0.3, -0.25) is 4.79 Å². The van der Waals surface area contributed by atoms with E-state index in [4.69, 9.17) is 27.9 Å². The van der Waals surface area contributed by atoms with Crippen LogP contribution in [0.2, 0.25) is 10.0 Å². The Kier molecular flexibility index (Phi) is 5.96. The highest BCUT2D eigenvalue weighted by atomic mass is 35.5. The highest BCUT2D eigenvalue weighted by Gasteiger charge is 2.16. The van der Waals surface area contributed by atoms with Crippen LogP contribution in [-0.4, -0.2) is 19.5 Å². The van der Waals surface area contributed by atoms with Crippen molar-refractivity contribution >= 4 is 29.0 Å². The molecule has 0 aromatic heterocycles. The van der Waals surface area contributed by atoms with Gasteiger partial charge in [-0.2, -0.15) is 0 Å². The summed E-state index contributed by atoms with van der Waals surface area (Å²) in [6.07, 6.45) is 1.00. The Hall–Kier alpha value is -0.570. The molecule has 1 aromatic rings. The second-order valence-corrected chi connectivity index (χ2v) is 4.84. The van der Waals surface area contributed by atoms with Crippen LogP contribution in [-0.2, 0) is 16.0 Å². The Balaban J connectivity index is 2.68. The Morgan fingerprint density at radius 2 is 1.94 bits per heavy atom. The number of methoxy groups -OCH3 is 1. The standard InChI is InChI=1S/C13H16Cl2O2/c1-9(6-7-17-2)13(16)8-10-11(14)4-3-5-12(10)15/h3-5,9H,6-8H2,1-2H3. The molecule has 0 aliphatic carbocycles. The zero-order valence-electron chi connectivity index (χ0n) is 10.0. The number of carbonyl (C=O) groups is 1. The summed E-state index contributed by atoms with van der Waals surface area (Å²) in [5.41, 5.74) is 0.713. The summed E-state index contributed by atoms with van der Waals surface area (Å²) in [5, 5.41) is 1.09. The van der Waals surface area contributed by atoms with Crippen LogP contribution in [0.3, 0.4) is 0 Å². The molecule has 0 bridgehead atoms. The van der Waals surface area contributed by atoms with Crippen LogP contribution in [0, 0.1) is 5.92 Å². The van der Waals surface area contributed by atoms with Crippen molar-refractivity contribution in [1.82, 2.24) is 0 Å². The molecular weight excluding hydrogens is 259 g/mol. The molecule has 4 heteroatoms. The molecule has 1 aromatic carbocycles. The van der Waals surface area contributed by atoms with Crippen molar-refractivity contribution in [2.45, 2.75) is 19.8 Å². The average Bonchev–Trinajstić information content (AvgIpc) is 2.30. The monoisotopic (exact) mass is 274 g/mol. The van der Waals surface area contributed by atoms with Crippen molar-refractivity contribution in [3.05, 3.63) is 33.8 Å². The van der Waals surface area contributed by atoms with E-state index in [1.165, 1.54) is 0 Å². The number of ketones is 1. The summed E-state index contributed by atoms with van der Waals surface area (Å²) >= 11 is 12.0. The first kappa shape index (κ1) is 14.5. The third-order valence-corrected chi connectivity index (χ3v) is 3.43. The van der Waals surface area contributed by atoms with E-state index in [2.05, 4.69) is 0 Å². The Morgan fingerprint density at radius 1 is 1.35 bits per heavy atom. The second-order valence-electron chi connectivity index (χ2n) is 4.03. The van der Waals surface area contributed by atoms with E-state index < -0.39 is 0 Å². The SMILES string of the molecule is COCCC(C)C(=O)Cc1c(Cl)cccc1Cl. The maximum absolute atomic E-state index is 11.9. The molecule has 0 saturated heterocycles. The largest absolute Gasteiger partial charge is 0.385 e. The molecule has 17 heavy (non-hydrogen) atoms. The van der Waals surface area contributed by atoms with Crippen LogP contribution in [0.1, 0.15) is 18.9 Å². The lowest BCUT2D eigenvalue weighted by Gasteiger charge is -2.11. The minimum atomic E-state index is -0.0395. The summed E-state index contributed by atoms with van der Waals surface area (Å²) < 4.78 is 4.96. The lowest BCUT2D eigenvalue weighted by molar-refractivity contribution is -0.122. The number of carbonyl (C=O) groups excluding carboxylic acids is 1. The molecule has 0 aliphatic rings. The van der Waals surface area contributed by atoms with Crippen molar-refractivity contribution in [3.63, 3.8) is 0 Å². The van der Waals surface area contributed by atoms with Gasteiger partial charge in [0.05, 0.1) is 0 Å². The van der Waals surface area contributed by atoms with Crippen molar-refractivity contribution in [3.8, 4) is 0 Å². The predicted octanol–water partition coefficient (Wildman–Crippen LogP) is 3.78. The van der Waals surface area contributed by atoms with Crippen LogP contribution in [0.15, 0.2) is 18.2 Å². The highest BCUT2D eigenvalue weighted by molar-refractivity contribution is 6.36. The first-order valence-electron chi connectivity index (χ1n) is 5.50. The molecule has 1 rings (SSSR count). The maximum atomic E-state index is 11.9. The molecule has 1 unspecified atom stereocenters. The molecule has 0 radical (unpaired) electrons. The normalized spacial score (nSPS) is 12.5. The van der Waals surface area contributed by atoms with Gasteiger partial charge in [-0.05, 0) is 24.1 Å². The summed E-state index contributed by atoms with van der Waals surface area (Å²) in [7, 11) is 1.63. The van der Waals surface area contributed by atoms with E-state index in [1.807, 2.05) is 6.92 Å². The van der Waals surface area contributed by atoms with E-state index >= 15 is 0 Å². The topological polar surface area (TPSA) is 26.3 Å². The van der Waals surface area contributed by atoms with Crippen LogP contribution in [0.4, 0.5) is 0 Å². The number of rotatable bonds is 6. The molecule has 2 nitrogen and oxygen atoms in total. The van der Waals surface area contributed by atoms with Gasteiger partial charge in [0.2, 0.25) is 0 Å². The first-order chi connectivity index (χ1) is 8.06. The van der Waals surface area contributed by atoms with E-state index in [0.717, 1.165) is 6.42 Å². The zero-order chi connectivity index (χ0) is 12.8. The minimum absolute atomic E-state index is 0.0395. The van der Waals surface area contributed by atoms with Gasteiger partial charge in [0.25, 0.3) is 0 Å². The lowest BCUT2D eigenvalue weighted by atomic mass is 9.97. The van der Waals surface area contributed by atoms with Gasteiger partial charge in [0.15, 0.2) is 0 Å². The molecule has 0 amide bonds. The van der Waals surface area contributed by atoms with Gasteiger partial charge in [-0.15, -0.1) is 0 Å². The Labute approximate surface area is 112 Å². The quantitative estimate of drug-likeness (QED) is 0.789. The molecule has 0 N–H and O–H groups in total. The van der Waals surface area contributed by atoms with Crippen molar-refractivity contribution in [2.75, 3.05) is 13.7 Å². The summed E-state index contributed by atoms with van der Waals surface area (Å²) in [4.78, 5) is 11.9. The number of ether oxygens (including phenoxy) is 1. The third kappa shape index (κ3) is 4.30. The maximum Gasteiger partial charge on any atom is 0.140 e. The third-order valence-electron chi connectivity index (χ3n) is 2.72. The van der Waals surface area contributed by atoms with E-state index in [1.54, 1.807) is 25.3 Å². The zero-order valence-corrected chi connectivity index (χ0v) is 11.5. The molecule has 0 spiro atoms. The number of hydrogen-bond acceptors (Lipinski definition) is 2. The van der Waals surface area contributed by atoms with Crippen molar-refractivity contribution < 1.29 is 9.53 Å². The minimum Gasteiger partial charge on any atom is -0.385 e. The summed E-state index contributed by atoms with van der Waals surface area (Å²) in [6.45, 7) is 2.48. The number of hydrogen-bond donors (Lipinski definition) is 0. The molecule has 0 fully saturated rings. The van der Waals surface area contributed by atoms with Gasteiger partial charge in [-0.1, -0.05) is 36.2 Å². The fourth-order valence-electron chi connectivity index (χ4n) is 1.51. The predicted molar refractivity (Wildman–Crippen MR) is 70.8 cm³/mol. The van der Waals surface area contributed by atoms with E-state index in [9.17, 15) is 4.79 Å². The van der Waals surface area contributed by atoms with Gasteiger partial charge in [0, 0.05) is 36.1 Å². The lowest BCUT2D eigenvalue weighted by Crippen LogP contribution is -2.16. The summed E-state index contributed by atoms with van der Waals surface area (Å²) in [6, 6.07) is 5.26. The second kappa shape index (κ2) is 7.00. The molecular formula is C13H16Cl2O2. The van der Waals surface area contributed by atoms with Crippen molar-refractivity contribution in [1.29, 1.82) is 0 Å². The van der Waals surface area contributed by atoms with Gasteiger partial charge in [0.1, 0.15) is 5.78 Å². The molecule has 0 aliphatic heterocycles. The summed E-state index contributed by atoms with van der Waals surface area (Å²) in [5.74, 6) is 0.0966. The van der Waals surface area contributed by atoms with Gasteiger partial charge < -0.3 is 4.74 Å². The number of halogens is 2. The number of benzene rings is 1. The molecule has 0 saturated carbocycles. The number of Topliss-reactive ketones (excluding diaryl/α,β-unsaturated/α-hetero) is 1. The molecule has 0 heterocycles. The molecule has 1 atom stereocenters. The van der Waals surface area contributed by atoms with Crippen LogP contribution in [0.25, 0.3) is 0 Å². The Bertz CT molecular complexity index is 371. The first-order valence-corrected chi connectivity index (χ1v) is 6.26. The van der Waals surface area contributed by atoms with Crippen LogP contribution in [0.5, 0.6) is 0 Å². The average molecular weight is 275 g/mol. The highest BCUT2D eigenvalue weighted by Crippen LogP contribution is 2.25. The molecule has 94 valence electrons. The van der Waals surface area contributed by atoms with Gasteiger partial charge in [-0.25, -0.2) is 0 Å². The van der Waals surface area contributed by atoms with E-state index in [-0.39, 0.29) is 18.1 Å². The van der Waals surface area contributed by atoms with Crippen molar-refractivity contribution in [2.24, 2.45) is 5.92 Å². The Morgan fingerprint density at radius 3 is 2.47 bits per heavy atom. The van der Waals surface area contributed by atoms with Gasteiger partial charge >= 0.3 is 0 Å². The van der Waals surface area contributed by atoms with Crippen LogP contribution < -0.4 is 0 Å². The van der Waals surface area contributed by atoms with E-state index in [0.29, 0.717) is 22.2 Å². The van der Waals surface area contributed by atoms with Crippen LogP contribution >= 0.6 is 23.2 Å².